The molecule has 4 nitrogen and oxygen atoms in total. The lowest BCUT2D eigenvalue weighted by Gasteiger charge is -2.39. The molecule has 2 unspecified atom stereocenters. The summed E-state index contributed by atoms with van der Waals surface area (Å²) in [5, 5.41) is 10.5. The summed E-state index contributed by atoms with van der Waals surface area (Å²) in [6.07, 6.45) is 3.96. The van der Waals surface area contributed by atoms with E-state index in [0.29, 0.717) is 0 Å². The fourth-order valence-corrected chi connectivity index (χ4v) is 1.87. The lowest BCUT2D eigenvalue weighted by Crippen LogP contribution is -2.46. The highest BCUT2D eigenvalue weighted by molar-refractivity contribution is 5.05. The van der Waals surface area contributed by atoms with Gasteiger partial charge in [0.2, 0.25) is 0 Å². The van der Waals surface area contributed by atoms with E-state index in [1.807, 2.05) is 24.9 Å². The molecule has 4 heteroatoms. The zero-order valence-electron chi connectivity index (χ0n) is 10.9. The van der Waals surface area contributed by atoms with Gasteiger partial charge in [-0.15, -0.1) is 0 Å². The van der Waals surface area contributed by atoms with Crippen LogP contribution in [0.3, 0.4) is 0 Å². The lowest BCUT2D eigenvalue weighted by atomic mass is 9.89. The Morgan fingerprint density at radius 2 is 2.12 bits per heavy atom. The number of hydrogen-bond donors (Lipinski definition) is 1. The van der Waals surface area contributed by atoms with Gasteiger partial charge in [0.05, 0.1) is 5.54 Å². The molecule has 1 aromatic rings. The van der Waals surface area contributed by atoms with Crippen molar-refractivity contribution in [3.8, 4) is 0 Å². The summed E-state index contributed by atoms with van der Waals surface area (Å²) in [4.78, 5) is 6.33. The van der Waals surface area contributed by atoms with Crippen LogP contribution >= 0.6 is 0 Å². The molecule has 0 saturated heterocycles. The molecule has 92 valence electrons. The van der Waals surface area contributed by atoms with Crippen molar-refractivity contribution in [1.82, 2.24) is 14.5 Å². The number of aliphatic hydroxyl groups excluding tert-OH is 1. The fraction of sp³-hybridized carbons (Fsp3) is 0.750. The van der Waals surface area contributed by atoms with Crippen molar-refractivity contribution in [3.63, 3.8) is 0 Å². The molecule has 0 aliphatic rings. The van der Waals surface area contributed by atoms with Crippen molar-refractivity contribution in [2.45, 2.75) is 45.4 Å². The second-order valence-corrected chi connectivity index (χ2v) is 4.58. The number of rotatable bonds is 5. The van der Waals surface area contributed by atoms with Crippen LogP contribution in [0.1, 0.15) is 39.1 Å². The van der Waals surface area contributed by atoms with E-state index in [1.54, 1.807) is 6.20 Å². The summed E-state index contributed by atoms with van der Waals surface area (Å²) < 4.78 is 1.99. The monoisotopic (exact) mass is 225 g/mol. The molecule has 0 amide bonds. The third kappa shape index (κ3) is 2.13. The SMILES string of the molecule is CCn1ccnc1C(O)C(C)(CC)N(C)C. The van der Waals surface area contributed by atoms with Crippen LogP contribution in [0.15, 0.2) is 12.4 Å². The Labute approximate surface area is 97.9 Å². The van der Waals surface area contributed by atoms with Crippen LogP contribution in [0.4, 0.5) is 0 Å². The Balaban J connectivity index is 3.04. The summed E-state index contributed by atoms with van der Waals surface area (Å²) >= 11 is 0. The van der Waals surface area contributed by atoms with Crippen molar-refractivity contribution < 1.29 is 5.11 Å². The zero-order valence-corrected chi connectivity index (χ0v) is 10.9. The van der Waals surface area contributed by atoms with Crippen molar-refractivity contribution in [1.29, 1.82) is 0 Å². The van der Waals surface area contributed by atoms with Gasteiger partial charge in [0.25, 0.3) is 0 Å². The van der Waals surface area contributed by atoms with Crippen molar-refractivity contribution in [2.75, 3.05) is 14.1 Å². The van der Waals surface area contributed by atoms with Crippen molar-refractivity contribution >= 4 is 0 Å². The molecule has 1 heterocycles. The van der Waals surface area contributed by atoms with E-state index in [0.717, 1.165) is 18.8 Å². The molecule has 0 saturated carbocycles. The first kappa shape index (κ1) is 13.2. The molecular formula is C12H23N3O. The van der Waals surface area contributed by atoms with Crippen molar-refractivity contribution in [3.05, 3.63) is 18.2 Å². The Morgan fingerprint density at radius 3 is 2.56 bits per heavy atom. The molecule has 1 rings (SSSR count). The Bertz CT molecular complexity index is 335. The van der Waals surface area contributed by atoms with E-state index >= 15 is 0 Å². The number of hydrogen-bond acceptors (Lipinski definition) is 3. The van der Waals surface area contributed by atoms with Crippen LogP contribution in [-0.4, -0.2) is 39.2 Å². The molecule has 0 aromatic carbocycles. The summed E-state index contributed by atoms with van der Waals surface area (Å²) in [7, 11) is 3.98. The lowest BCUT2D eigenvalue weighted by molar-refractivity contribution is -0.00644. The van der Waals surface area contributed by atoms with Gasteiger partial charge in [-0.3, -0.25) is 0 Å². The minimum absolute atomic E-state index is 0.279. The molecule has 0 fully saturated rings. The van der Waals surface area contributed by atoms with Crippen LogP contribution in [0, 0.1) is 0 Å². The molecule has 0 aliphatic carbocycles. The molecule has 16 heavy (non-hydrogen) atoms. The molecular weight excluding hydrogens is 202 g/mol. The predicted molar refractivity (Wildman–Crippen MR) is 65.2 cm³/mol. The molecule has 2 atom stereocenters. The van der Waals surface area contributed by atoms with E-state index in [4.69, 9.17) is 0 Å². The van der Waals surface area contributed by atoms with E-state index in [-0.39, 0.29) is 5.54 Å². The highest BCUT2D eigenvalue weighted by Crippen LogP contribution is 2.31. The maximum Gasteiger partial charge on any atom is 0.139 e. The number of imidazole rings is 1. The van der Waals surface area contributed by atoms with Crippen LogP contribution in [0.5, 0.6) is 0 Å². The Morgan fingerprint density at radius 1 is 1.50 bits per heavy atom. The third-order valence-corrected chi connectivity index (χ3v) is 3.66. The smallest absolute Gasteiger partial charge is 0.139 e. The number of aromatic nitrogens is 2. The quantitative estimate of drug-likeness (QED) is 0.828. The molecule has 0 bridgehead atoms. The Hall–Kier alpha value is -0.870. The van der Waals surface area contributed by atoms with E-state index < -0.39 is 6.10 Å². The zero-order chi connectivity index (χ0) is 12.3. The van der Waals surface area contributed by atoms with Gasteiger partial charge in [-0.2, -0.15) is 0 Å². The van der Waals surface area contributed by atoms with Gasteiger partial charge in [0, 0.05) is 18.9 Å². The van der Waals surface area contributed by atoms with Gasteiger partial charge in [-0.05, 0) is 34.4 Å². The van der Waals surface area contributed by atoms with Gasteiger partial charge in [0.1, 0.15) is 11.9 Å². The summed E-state index contributed by atoms with van der Waals surface area (Å²) in [6.45, 7) is 7.03. The van der Waals surface area contributed by atoms with Crippen LogP contribution in [-0.2, 0) is 6.54 Å². The topological polar surface area (TPSA) is 41.3 Å². The second kappa shape index (κ2) is 4.97. The average Bonchev–Trinajstić information content (AvgIpc) is 2.74. The first-order valence-electron chi connectivity index (χ1n) is 5.83. The number of likely N-dealkylation sites (N-methyl/N-ethyl adjacent to an activating group) is 1. The molecule has 0 aliphatic heterocycles. The van der Waals surface area contributed by atoms with Gasteiger partial charge in [0.15, 0.2) is 0 Å². The summed E-state index contributed by atoms with van der Waals surface area (Å²) in [6, 6.07) is 0. The summed E-state index contributed by atoms with van der Waals surface area (Å²) in [5.41, 5.74) is -0.279. The largest absolute Gasteiger partial charge is 0.383 e. The van der Waals surface area contributed by atoms with Crippen LogP contribution < -0.4 is 0 Å². The van der Waals surface area contributed by atoms with Crippen LogP contribution in [0.25, 0.3) is 0 Å². The normalized spacial score (nSPS) is 17.4. The second-order valence-electron chi connectivity index (χ2n) is 4.58. The highest BCUT2D eigenvalue weighted by Gasteiger charge is 2.36. The van der Waals surface area contributed by atoms with E-state index in [9.17, 15) is 5.11 Å². The van der Waals surface area contributed by atoms with Gasteiger partial charge in [-0.25, -0.2) is 4.98 Å². The first-order valence-corrected chi connectivity index (χ1v) is 5.83. The van der Waals surface area contributed by atoms with Crippen molar-refractivity contribution in [2.24, 2.45) is 0 Å². The fourth-order valence-electron chi connectivity index (χ4n) is 1.87. The molecule has 0 spiro atoms. The highest BCUT2D eigenvalue weighted by atomic mass is 16.3. The molecule has 1 aromatic heterocycles. The number of aryl methyl sites for hydroxylation is 1. The minimum Gasteiger partial charge on any atom is -0.383 e. The average molecular weight is 225 g/mol. The number of aliphatic hydroxyl groups is 1. The maximum absolute atomic E-state index is 10.5. The van der Waals surface area contributed by atoms with Gasteiger partial charge in [-0.1, -0.05) is 6.92 Å². The van der Waals surface area contributed by atoms with Gasteiger partial charge >= 0.3 is 0 Å². The van der Waals surface area contributed by atoms with Gasteiger partial charge < -0.3 is 14.6 Å². The van der Waals surface area contributed by atoms with E-state index in [2.05, 4.69) is 30.7 Å². The molecule has 1 N–H and O–H groups in total. The van der Waals surface area contributed by atoms with E-state index in [1.165, 1.54) is 0 Å². The summed E-state index contributed by atoms with van der Waals surface area (Å²) in [5.74, 6) is 0.751. The standard InChI is InChI=1S/C12H23N3O/c1-6-12(3,14(4)5)10(16)11-13-8-9-15(11)7-2/h8-10,16H,6-7H2,1-5H3. The maximum atomic E-state index is 10.5. The number of nitrogens with zero attached hydrogens (tertiary/aromatic N) is 3. The Kier molecular flexibility index (Phi) is 4.10. The predicted octanol–water partition coefficient (Wildman–Crippen LogP) is 1.67. The van der Waals surface area contributed by atoms with Crippen LogP contribution in [0.2, 0.25) is 0 Å². The third-order valence-electron chi connectivity index (χ3n) is 3.66. The minimum atomic E-state index is -0.567. The molecule has 0 radical (unpaired) electrons. The first-order chi connectivity index (χ1) is 7.47.